The quantitative estimate of drug-likeness (QED) is 0.110. The Labute approximate surface area is 256 Å². The molecule has 0 saturated heterocycles. The molecule has 1 saturated carbocycles. The molecule has 1 fully saturated rings. The molecule has 0 aliphatic heterocycles. The summed E-state index contributed by atoms with van der Waals surface area (Å²) >= 11 is 0. The monoisotopic (exact) mass is 611 g/mol. The van der Waals surface area contributed by atoms with Gasteiger partial charge in [0.05, 0.1) is 29.7 Å². The van der Waals surface area contributed by atoms with Gasteiger partial charge in [-0.1, -0.05) is 41.7 Å². The molecular formula is C34H33N3O6S. The molecule has 10 heteroatoms. The average Bonchev–Trinajstić information content (AvgIpc) is 3.30. The summed E-state index contributed by atoms with van der Waals surface area (Å²) in [6, 6.07) is 18.9. The summed E-state index contributed by atoms with van der Waals surface area (Å²) in [6.07, 6.45) is 7.29. The van der Waals surface area contributed by atoms with E-state index in [4.69, 9.17) is 18.4 Å². The first-order valence-electron chi connectivity index (χ1n) is 14.4. The normalized spacial score (nSPS) is 16.4. The summed E-state index contributed by atoms with van der Waals surface area (Å²) < 4.78 is 48.6. The second-order valence-corrected chi connectivity index (χ2v) is 12.3. The SMILES string of the molecule is Cc1ccc(S(=O)(=O)OCCOCC#CCOC2CC(Oc3ccc(-c4ccc5c6cnccc6n(C)c5c4)cn3)C2)cc1. The Morgan fingerprint density at radius 3 is 2.45 bits per heavy atom. The number of ether oxygens (including phenoxy) is 3. The lowest BCUT2D eigenvalue weighted by atomic mass is 9.92. The van der Waals surface area contributed by atoms with Crippen molar-refractivity contribution in [3.8, 4) is 28.8 Å². The molecule has 0 N–H and O–H groups in total. The van der Waals surface area contributed by atoms with Gasteiger partial charge in [0.25, 0.3) is 10.1 Å². The number of aryl methyl sites for hydroxylation is 2. The molecule has 3 heterocycles. The van der Waals surface area contributed by atoms with Crippen LogP contribution in [0.5, 0.6) is 5.88 Å². The number of fused-ring (bicyclic) bond motifs is 3. The lowest BCUT2D eigenvalue weighted by Gasteiger charge is -2.34. The third-order valence-corrected chi connectivity index (χ3v) is 9.01. The molecule has 2 aromatic carbocycles. The van der Waals surface area contributed by atoms with Crippen molar-refractivity contribution in [2.45, 2.75) is 36.9 Å². The minimum Gasteiger partial charge on any atom is -0.474 e. The minimum atomic E-state index is -3.79. The fourth-order valence-corrected chi connectivity index (χ4v) is 6.03. The lowest BCUT2D eigenvalue weighted by molar-refractivity contribution is -0.0508. The van der Waals surface area contributed by atoms with E-state index in [-0.39, 0.29) is 36.9 Å². The molecule has 1 aliphatic carbocycles. The molecule has 44 heavy (non-hydrogen) atoms. The van der Waals surface area contributed by atoms with Gasteiger partial charge in [0.15, 0.2) is 0 Å². The lowest BCUT2D eigenvalue weighted by Crippen LogP contribution is -2.39. The number of hydrogen-bond acceptors (Lipinski definition) is 8. The Hall–Kier alpha value is -4.27. The second-order valence-electron chi connectivity index (χ2n) is 10.7. The fraction of sp³-hybridized carbons (Fsp3) is 0.294. The predicted octanol–water partition coefficient (Wildman–Crippen LogP) is 5.45. The van der Waals surface area contributed by atoms with Crippen LogP contribution in [0.2, 0.25) is 0 Å². The van der Waals surface area contributed by atoms with E-state index >= 15 is 0 Å². The van der Waals surface area contributed by atoms with E-state index in [1.165, 1.54) is 17.5 Å². The van der Waals surface area contributed by atoms with Crippen molar-refractivity contribution < 1.29 is 26.8 Å². The van der Waals surface area contributed by atoms with Crippen LogP contribution >= 0.6 is 0 Å². The van der Waals surface area contributed by atoms with E-state index in [1.54, 1.807) is 12.1 Å². The largest absolute Gasteiger partial charge is 0.474 e. The van der Waals surface area contributed by atoms with E-state index < -0.39 is 10.1 Å². The first-order chi connectivity index (χ1) is 21.4. The molecule has 0 spiro atoms. The molecule has 0 atom stereocenters. The molecule has 9 nitrogen and oxygen atoms in total. The molecule has 226 valence electrons. The van der Waals surface area contributed by atoms with Crippen molar-refractivity contribution >= 4 is 31.9 Å². The van der Waals surface area contributed by atoms with Crippen LogP contribution in [0.3, 0.4) is 0 Å². The van der Waals surface area contributed by atoms with Crippen LogP contribution in [0.15, 0.2) is 84.1 Å². The van der Waals surface area contributed by atoms with Gasteiger partial charge in [-0.05, 0) is 42.8 Å². The maximum absolute atomic E-state index is 12.1. The van der Waals surface area contributed by atoms with Crippen molar-refractivity contribution in [1.29, 1.82) is 0 Å². The van der Waals surface area contributed by atoms with Crippen LogP contribution in [-0.2, 0) is 30.8 Å². The van der Waals surface area contributed by atoms with Crippen LogP contribution in [0.4, 0.5) is 0 Å². The first-order valence-corrected chi connectivity index (χ1v) is 15.8. The van der Waals surface area contributed by atoms with E-state index in [0.717, 1.165) is 46.0 Å². The summed E-state index contributed by atoms with van der Waals surface area (Å²) in [5, 5.41) is 2.33. The number of hydrogen-bond donors (Lipinski definition) is 0. The van der Waals surface area contributed by atoms with Gasteiger partial charge in [-0.3, -0.25) is 9.17 Å². The molecule has 0 unspecified atom stereocenters. The molecule has 6 rings (SSSR count). The molecule has 5 aromatic rings. The highest BCUT2D eigenvalue weighted by atomic mass is 32.2. The fourth-order valence-electron chi connectivity index (χ4n) is 5.14. The zero-order valence-corrected chi connectivity index (χ0v) is 25.4. The summed E-state index contributed by atoms with van der Waals surface area (Å²) in [5.74, 6) is 6.38. The topological polar surface area (TPSA) is 102 Å². The average molecular weight is 612 g/mol. The van der Waals surface area contributed by atoms with Gasteiger partial charge in [-0.15, -0.1) is 0 Å². The smallest absolute Gasteiger partial charge is 0.297 e. The van der Waals surface area contributed by atoms with Gasteiger partial charge in [0, 0.05) is 66.4 Å². The maximum atomic E-state index is 12.1. The molecular weight excluding hydrogens is 578 g/mol. The van der Waals surface area contributed by atoms with Gasteiger partial charge in [0.1, 0.15) is 19.3 Å². The zero-order valence-electron chi connectivity index (χ0n) is 24.6. The van der Waals surface area contributed by atoms with E-state index in [2.05, 4.69) is 51.6 Å². The summed E-state index contributed by atoms with van der Waals surface area (Å²) in [6.45, 7) is 2.40. The Bertz CT molecular complexity index is 1920. The highest BCUT2D eigenvalue weighted by Gasteiger charge is 2.31. The van der Waals surface area contributed by atoms with Crippen LogP contribution in [0, 0.1) is 18.8 Å². The number of nitrogens with zero attached hydrogens (tertiary/aromatic N) is 3. The van der Waals surface area contributed by atoms with Gasteiger partial charge in [0.2, 0.25) is 5.88 Å². The van der Waals surface area contributed by atoms with Crippen LogP contribution in [0.1, 0.15) is 18.4 Å². The Morgan fingerprint density at radius 2 is 1.66 bits per heavy atom. The summed E-state index contributed by atoms with van der Waals surface area (Å²) in [4.78, 5) is 8.95. The number of rotatable bonds is 11. The van der Waals surface area contributed by atoms with Crippen molar-refractivity contribution in [3.63, 3.8) is 0 Å². The maximum Gasteiger partial charge on any atom is 0.297 e. The number of benzene rings is 2. The van der Waals surface area contributed by atoms with Gasteiger partial charge >= 0.3 is 0 Å². The Morgan fingerprint density at radius 1 is 0.864 bits per heavy atom. The molecule has 0 radical (unpaired) electrons. The first kappa shape index (κ1) is 29.8. The van der Waals surface area contributed by atoms with E-state index in [0.29, 0.717) is 12.5 Å². The van der Waals surface area contributed by atoms with Crippen molar-refractivity contribution in [3.05, 3.63) is 84.8 Å². The van der Waals surface area contributed by atoms with Crippen molar-refractivity contribution in [2.24, 2.45) is 7.05 Å². The predicted molar refractivity (Wildman–Crippen MR) is 168 cm³/mol. The van der Waals surface area contributed by atoms with Crippen LogP contribution < -0.4 is 4.74 Å². The number of pyridine rings is 2. The van der Waals surface area contributed by atoms with Crippen molar-refractivity contribution in [1.82, 2.24) is 14.5 Å². The van der Waals surface area contributed by atoms with E-state index in [9.17, 15) is 8.42 Å². The summed E-state index contributed by atoms with van der Waals surface area (Å²) in [5.41, 5.74) is 5.41. The Balaban J connectivity index is 0.881. The van der Waals surface area contributed by atoms with Crippen LogP contribution in [-0.4, -0.2) is 61.6 Å². The highest BCUT2D eigenvalue weighted by Crippen LogP contribution is 2.32. The summed E-state index contributed by atoms with van der Waals surface area (Å²) in [7, 11) is -1.71. The molecule has 0 bridgehead atoms. The van der Waals surface area contributed by atoms with Crippen molar-refractivity contribution in [2.75, 3.05) is 26.4 Å². The molecule has 3 aromatic heterocycles. The third-order valence-electron chi connectivity index (χ3n) is 7.68. The Kier molecular flexibility index (Phi) is 8.91. The molecule has 1 aliphatic rings. The van der Waals surface area contributed by atoms with E-state index in [1.807, 2.05) is 43.7 Å². The second kappa shape index (κ2) is 13.2. The van der Waals surface area contributed by atoms with Gasteiger partial charge in [-0.2, -0.15) is 8.42 Å². The molecule has 0 amide bonds. The third kappa shape index (κ3) is 6.77. The van der Waals surface area contributed by atoms with Crippen LogP contribution in [0.25, 0.3) is 32.9 Å². The zero-order chi connectivity index (χ0) is 30.5. The number of aromatic nitrogens is 3. The highest BCUT2D eigenvalue weighted by molar-refractivity contribution is 7.86. The van der Waals surface area contributed by atoms with Gasteiger partial charge in [-0.25, -0.2) is 4.98 Å². The standard InChI is InChI=1S/C34H33N3O6S/c1-24-5-9-29(10-6-24)44(38,39)42-18-17-40-15-3-4-16-41-27-20-28(21-27)43-34-12-8-26(22-36-34)25-7-11-30-31-23-35-14-13-32(31)37(2)33(30)19-25/h5-14,19,22-23,27-28H,15-18,20-21H2,1-2H3. The van der Waals surface area contributed by atoms with Gasteiger partial charge < -0.3 is 18.8 Å². The minimum absolute atomic E-state index is 0.0617.